The molecule has 0 aliphatic carbocycles. The van der Waals surface area contributed by atoms with Crippen LogP contribution in [-0.2, 0) is 33.2 Å². The van der Waals surface area contributed by atoms with Crippen molar-refractivity contribution in [1.82, 2.24) is 15.5 Å². The summed E-state index contributed by atoms with van der Waals surface area (Å²) in [5.74, 6) is 2.42. The number of carbonyl (C=O) groups excluding carboxylic acids is 1. The van der Waals surface area contributed by atoms with Crippen LogP contribution in [-0.4, -0.2) is 130 Å². The molecule has 0 bridgehead atoms. The van der Waals surface area contributed by atoms with Crippen LogP contribution in [0.5, 0.6) is 0 Å². The van der Waals surface area contributed by atoms with Crippen LogP contribution in [0.3, 0.4) is 0 Å². The lowest BCUT2D eigenvalue weighted by Crippen LogP contribution is -2.37. The Morgan fingerprint density at radius 3 is 1.59 bits per heavy atom. The van der Waals surface area contributed by atoms with Gasteiger partial charge in [-0.05, 0) is 14.1 Å². The highest BCUT2D eigenvalue weighted by Gasteiger charge is 2.13. The second-order valence-electron chi connectivity index (χ2n) is 6.66. The molecule has 0 radical (unpaired) electrons. The summed E-state index contributed by atoms with van der Waals surface area (Å²) in [6.07, 6.45) is 5.39. The first-order valence-electron chi connectivity index (χ1n) is 11.2. The van der Waals surface area contributed by atoms with E-state index < -0.39 is 0 Å². The maximum absolute atomic E-state index is 12.5. The maximum atomic E-state index is 12.5. The fourth-order valence-electron chi connectivity index (χ4n) is 2.37. The van der Waals surface area contributed by atoms with Crippen LogP contribution >= 0.6 is 0 Å². The normalized spacial score (nSPS) is 10.9. The van der Waals surface area contributed by atoms with Crippen molar-refractivity contribution < 1.29 is 33.2 Å². The Morgan fingerprint density at radius 1 is 0.688 bits per heavy atom. The first-order valence-corrected chi connectivity index (χ1v) is 11.2. The van der Waals surface area contributed by atoms with E-state index in [0.29, 0.717) is 98.8 Å². The lowest BCUT2D eigenvalue weighted by Gasteiger charge is -2.23. The van der Waals surface area contributed by atoms with Crippen molar-refractivity contribution in [2.24, 2.45) is 0 Å². The van der Waals surface area contributed by atoms with Crippen LogP contribution < -0.4 is 10.6 Å². The Morgan fingerprint density at radius 2 is 1.12 bits per heavy atom. The van der Waals surface area contributed by atoms with Crippen molar-refractivity contribution in [2.45, 2.75) is 6.42 Å². The van der Waals surface area contributed by atoms with Gasteiger partial charge in [-0.25, -0.2) is 0 Å². The van der Waals surface area contributed by atoms with Crippen LogP contribution in [0, 0.1) is 12.3 Å². The van der Waals surface area contributed by atoms with Gasteiger partial charge >= 0.3 is 0 Å². The number of likely N-dealkylation sites (N-methyl/N-ethyl adjacent to an activating group) is 2. The summed E-state index contributed by atoms with van der Waals surface area (Å²) in [7, 11) is 3.75. The monoisotopic (exact) mass is 461 g/mol. The molecule has 2 N–H and O–H groups in total. The maximum Gasteiger partial charge on any atom is 0.225 e. The highest BCUT2D eigenvalue weighted by atomic mass is 16.6. The fraction of sp³-hybridized carbons (Fsp3) is 0.864. The van der Waals surface area contributed by atoms with Crippen molar-refractivity contribution in [2.75, 3.05) is 120 Å². The van der Waals surface area contributed by atoms with E-state index in [-0.39, 0.29) is 5.91 Å². The minimum absolute atomic E-state index is 0.0285. The number of nitrogens with one attached hydrogen (secondary N) is 2. The molecule has 0 saturated carbocycles. The number of hydrogen-bond acceptors (Lipinski definition) is 9. The molecular weight excluding hydrogens is 418 g/mol. The minimum atomic E-state index is 0.0285. The molecule has 0 aliphatic heterocycles. The highest BCUT2D eigenvalue weighted by molar-refractivity contribution is 5.76. The minimum Gasteiger partial charge on any atom is -0.379 e. The third-order valence-corrected chi connectivity index (χ3v) is 4.12. The van der Waals surface area contributed by atoms with Gasteiger partial charge in [-0.1, -0.05) is 5.92 Å². The molecule has 1 amide bonds. The largest absolute Gasteiger partial charge is 0.379 e. The van der Waals surface area contributed by atoms with Gasteiger partial charge in [0.25, 0.3) is 0 Å². The fourth-order valence-corrected chi connectivity index (χ4v) is 2.37. The van der Waals surface area contributed by atoms with Gasteiger partial charge in [0.15, 0.2) is 0 Å². The summed E-state index contributed by atoms with van der Waals surface area (Å²) in [5.41, 5.74) is 0. The highest BCUT2D eigenvalue weighted by Crippen LogP contribution is 1.97. The smallest absolute Gasteiger partial charge is 0.225 e. The van der Waals surface area contributed by atoms with E-state index in [4.69, 9.17) is 34.8 Å². The molecule has 0 fully saturated rings. The predicted molar refractivity (Wildman–Crippen MR) is 123 cm³/mol. The van der Waals surface area contributed by atoms with Crippen LogP contribution in [0.2, 0.25) is 0 Å². The van der Waals surface area contributed by atoms with Crippen LogP contribution in [0.15, 0.2) is 0 Å². The van der Waals surface area contributed by atoms with E-state index >= 15 is 0 Å². The second-order valence-corrected chi connectivity index (χ2v) is 6.66. The van der Waals surface area contributed by atoms with Crippen molar-refractivity contribution in [1.29, 1.82) is 0 Å². The average Bonchev–Trinajstić information content (AvgIpc) is 2.80. The second kappa shape index (κ2) is 26.0. The third-order valence-electron chi connectivity index (χ3n) is 4.12. The molecule has 10 nitrogen and oxygen atoms in total. The topological polar surface area (TPSA) is 99.8 Å². The molecule has 0 atom stereocenters. The quantitative estimate of drug-likeness (QED) is 0.136. The molecule has 0 aromatic carbocycles. The zero-order valence-corrected chi connectivity index (χ0v) is 19.9. The Balaban J connectivity index is 3.80. The number of carbonyl (C=O) groups is 1. The van der Waals surface area contributed by atoms with Gasteiger partial charge in [-0.3, -0.25) is 4.79 Å². The number of nitrogens with zero attached hydrogens (tertiary/aromatic N) is 1. The van der Waals surface area contributed by atoms with Crippen LogP contribution in [0.4, 0.5) is 0 Å². The molecular formula is C22H43N3O7. The van der Waals surface area contributed by atoms with E-state index in [0.717, 1.165) is 13.1 Å². The molecule has 0 aromatic rings. The summed E-state index contributed by atoms with van der Waals surface area (Å²) in [4.78, 5) is 14.3. The Bertz CT molecular complexity index is 436. The zero-order valence-electron chi connectivity index (χ0n) is 19.9. The number of hydrogen-bond donors (Lipinski definition) is 2. The molecule has 0 rings (SSSR count). The number of amides is 1. The standard InChI is InChI=1S/C22H43N3O7/c1-4-10-27-16-18-31-20-21-32-19-17-28-11-5-22(26)25(8-14-29-12-6-23-2)9-15-30-13-7-24-3/h1,23-24H,5-21H2,2-3H3. The number of rotatable bonds is 25. The average molecular weight is 462 g/mol. The van der Waals surface area contributed by atoms with Gasteiger partial charge in [-0.15, -0.1) is 6.42 Å². The lowest BCUT2D eigenvalue weighted by atomic mass is 10.3. The van der Waals surface area contributed by atoms with Crippen molar-refractivity contribution >= 4 is 5.91 Å². The summed E-state index contributed by atoms with van der Waals surface area (Å²) < 4.78 is 32.4. The molecule has 0 spiro atoms. The predicted octanol–water partition coefficient (Wildman–Crippen LogP) is -0.623. The van der Waals surface area contributed by atoms with Gasteiger partial charge in [0.05, 0.1) is 79.1 Å². The molecule has 0 aliphatic rings. The first kappa shape index (κ1) is 30.7. The molecule has 188 valence electrons. The van der Waals surface area contributed by atoms with Gasteiger partial charge in [0.2, 0.25) is 5.91 Å². The summed E-state index contributed by atoms with van der Waals surface area (Å²) >= 11 is 0. The summed E-state index contributed by atoms with van der Waals surface area (Å²) in [5, 5.41) is 6.05. The van der Waals surface area contributed by atoms with E-state index in [2.05, 4.69) is 16.6 Å². The van der Waals surface area contributed by atoms with Gasteiger partial charge in [0, 0.05) is 26.2 Å². The van der Waals surface area contributed by atoms with Gasteiger partial charge < -0.3 is 44.0 Å². The lowest BCUT2D eigenvalue weighted by molar-refractivity contribution is -0.134. The number of terminal acetylenes is 1. The molecule has 0 aromatic heterocycles. The summed E-state index contributed by atoms with van der Waals surface area (Å²) in [6.45, 7) is 8.32. The van der Waals surface area contributed by atoms with E-state index in [1.54, 1.807) is 4.90 Å². The van der Waals surface area contributed by atoms with E-state index in [9.17, 15) is 4.79 Å². The first-order chi connectivity index (χ1) is 15.8. The Hall–Kier alpha value is -1.29. The van der Waals surface area contributed by atoms with E-state index in [1.807, 2.05) is 14.1 Å². The van der Waals surface area contributed by atoms with Crippen molar-refractivity contribution in [3.63, 3.8) is 0 Å². The molecule has 32 heavy (non-hydrogen) atoms. The molecule has 0 heterocycles. The zero-order chi connectivity index (χ0) is 23.5. The van der Waals surface area contributed by atoms with Crippen molar-refractivity contribution in [3.05, 3.63) is 0 Å². The van der Waals surface area contributed by atoms with Crippen LogP contribution in [0.1, 0.15) is 6.42 Å². The summed E-state index contributed by atoms with van der Waals surface area (Å²) in [6, 6.07) is 0. The molecule has 0 unspecified atom stereocenters. The molecule has 0 saturated heterocycles. The number of ether oxygens (including phenoxy) is 6. The van der Waals surface area contributed by atoms with Crippen LogP contribution in [0.25, 0.3) is 0 Å². The van der Waals surface area contributed by atoms with Gasteiger partial charge in [-0.2, -0.15) is 0 Å². The third kappa shape index (κ3) is 21.9. The molecule has 10 heteroatoms. The SMILES string of the molecule is C#CCOCCOCCOCCOCCC(=O)N(CCOCCNC)CCOCCNC. The van der Waals surface area contributed by atoms with Crippen molar-refractivity contribution in [3.8, 4) is 12.3 Å². The van der Waals surface area contributed by atoms with E-state index in [1.165, 1.54) is 0 Å². The van der Waals surface area contributed by atoms with Gasteiger partial charge in [0.1, 0.15) is 6.61 Å². The Labute approximate surface area is 193 Å². The Kier molecular flexibility index (Phi) is 24.9.